The Kier molecular flexibility index (Phi) is 5.81. The van der Waals surface area contributed by atoms with Crippen LogP contribution in [0, 0.1) is 11.8 Å². The molecule has 26 heavy (non-hydrogen) atoms. The van der Waals surface area contributed by atoms with E-state index in [9.17, 15) is 14.7 Å². The number of amides is 2. The number of carbonyl (C=O) groups is 2. The highest BCUT2D eigenvalue weighted by Crippen LogP contribution is 2.25. The number of carbonyl (C=O) groups excluding carboxylic acids is 1. The van der Waals surface area contributed by atoms with E-state index in [1.165, 1.54) is 5.56 Å². The van der Waals surface area contributed by atoms with Gasteiger partial charge in [0.25, 0.3) is 0 Å². The van der Waals surface area contributed by atoms with Crippen molar-refractivity contribution in [2.24, 2.45) is 11.8 Å². The first-order valence-corrected chi connectivity index (χ1v) is 9.51. The second-order valence-corrected chi connectivity index (χ2v) is 7.80. The van der Waals surface area contributed by atoms with Crippen molar-refractivity contribution in [2.75, 3.05) is 26.2 Å². The van der Waals surface area contributed by atoms with Crippen molar-refractivity contribution in [2.45, 2.75) is 38.8 Å². The molecular weight excluding hydrogens is 330 g/mol. The summed E-state index contributed by atoms with van der Waals surface area (Å²) < 4.78 is 0. The topological polar surface area (TPSA) is 72.9 Å². The molecule has 0 bridgehead atoms. The largest absolute Gasteiger partial charge is 0.481 e. The molecule has 142 valence electrons. The van der Waals surface area contributed by atoms with Gasteiger partial charge in [-0.05, 0) is 31.2 Å². The van der Waals surface area contributed by atoms with E-state index in [4.69, 9.17) is 0 Å². The summed E-state index contributed by atoms with van der Waals surface area (Å²) in [6.07, 6.45) is 1.57. The highest BCUT2D eigenvalue weighted by molar-refractivity contribution is 5.77. The average Bonchev–Trinajstić information content (AvgIpc) is 3.09. The number of benzene rings is 1. The van der Waals surface area contributed by atoms with Crippen LogP contribution in [0.15, 0.2) is 30.3 Å². The molecule has 0 radical (unpaired) electrons. The molecule has 2 heterocycles. The number of hydrogen-bond acceptors (Lipinski definition) is 3. The van der Waals surface area contributed by atoms with E-state index in [-0.39, 0.29) is 18.0 Å². The van der Waals surface area contributed by atoms with E-state index in [1.807, 2.05) is 13.0 Å². The summed E-state index contributed by atoms with van der Waals surface area (Å²) in [5, 5.41) is 12.4. The predicted molar refractivity (Wildman–Crippen MR) is 99.8 cm³/mol. The van der Waals surface area contributed by atoms with Crippen LogP contribution in [-0.2, 0) is 4.79 Å². The molecule has 1 aromatic carbocycles. The van der Waals surface area contributed by atoms with Crippen LogP contribution >= 0.6 is 0 Å². The Morgan fingerprint density at radius 1 is 1.19 bits per heavy atom. The highest BCUT2D eigenvalue weighted by atomic mass is 16.4. The third-order valence-electron chi connectivity index (χ3n) is 5.67. The molecule has 0 aromatic heterocycles. The van der Waals surface area contributed by atoms with Crippen LogP contribution in [0.25, 0.3) is 0 Å². The lowest BCUT2D eigenvalue weighted by atomic mass is 9.91. The van der Waals surface area contributed by atoms with Crippen molar-refractivity contribution >= 4 is 12.0 Å². The van der Waals surface area contributed by atoms with Gasteiger partial charge in [-0.3, -0.25) is 9.69 Å². The van der Waals surface area contributed by atoms with Crippen LogP contribution in [0.5, 0.6) is 0 Å². The van der Waals surface area contributed by atoms with Crippen LogP contribution in [0.2, 0.25) is 0 Å². The Labute approximate surface area is 155 Å². The van der Waals surface area contributed by atoms with Gasteiger partial charge in [0.1, 0.15) is 0 Å². The first-order valence-electron chi connectivity index (χ1n) is 9.51. The summed E-state index contributed by atoms with van der Waals surface area (Å²) >= 11 is 0. The maximum absolute atomic E-state index is 12.6. The second kappa shape index (κ2) is 8.08. The number of hydrogen-bond donors (Lipinski definition) is 2. The quantitative estimate of drug-likeness (QED) is 0.867. The minimum absolute atomic E-state index is 0.120. The van der Waals surface area contributed by atoms with Crippen molar-refractivity contribution in [3.8, 4) is 0 Å². The third kappa shape index (κ3) is 4.36. The second-order valence-electron chi connectivity index (χ2n) is 7.80. The zero-order valence-electron chi connectivity index (χ0n) is 15.6. The molecule has 0 saturated carbocycles. The fourth-order valence-corrected chi connectivity index (χ4v) is 4.16. The number of carboxylic acids is 1. The molecule has 6 nitrogen and oxygen atoms in total. The lowest BCUT2D eigenvalue weighted by molar-refractivity contribution is -0.143. The van der Waals surface area contributed by atoms with Crippen molar-refractivity contribution in [1.29, 1.82) is 0 Å². The van der Waals surface area contributed by atoms with Gasteiger partial charge in [-0.1, -0.05) is 37.3 Å². The number of urea groups is 1. The Bertz CT molecular complexity index is 636. The molecule has 1 aromatic rings. The van der Waals surface area contributed by atoms with Crippen LogP contribution < -0.4 is 5.32 Å². The third-order valence-corrected chi connectivity index (χ3v) is 5.67. The SMILES string of the molecule is CC1CC(C(=O)O)CN(C(=O)NC2CCN(C(C)c3ccccc3)C2)C1. The zero-order chi connectivity index (χ0) is 18.7. The van der Waals surface area contributed by atoms with Gasteiger partial charge in [-0.2, -0.15) is 0 Å². The Balaban J connectivity index is 1.53. The number of piperidine rings is 1. The summed E-state index contributed by atoms with van der Waals surface area (Å²) in [5.41, 5.74) is 1.29. The van der Waals surface area contributed by atoms with Crippen LogP contribution in [0.3, 0.4) is 0 Å². The summed E-state index contributed by atoms with van der Waals surface area (Å²) in [4.78, 5) is 28.0. The van der Waals surface area contributed by atoms with E-state index in [0.717, 1.165) is 19.5 Å². The molecule has 2 N–H and O–H groups in total. The normalized spacial score (nSPS) is 27.9. The van der Waals surface area contributed by atoms with E-state index in [2.05, 4.69) is 41.4 Å². The Morgan fingerprint density at radius 3 is 2.62 bits per heavy atom. The smallest absolute Gasteiger partial charge is 0.317 e. The molecule has 4 atom stereocenters. The lowest BCUT2D eigenvalue weighted by Crippen LogP contribution is -2.52. The molecule has 6 heteroatoms. The van der Waals surface area contributed by atoms with Crippen molar-refractivity contribution in [1.82, 2.24) is 15.1 Å². The van der Waals surface area contributed by atoms with Crippen LogP contribution in [0.1, 0.15) is 38.3 Å². The van der Waals surface area contributed by atoms with E-state index >= 15 is 0 Å². The first kappa shape index (κ1) is 18.7. The molecule has 3 rings (SSSR count). The maximum Gasteiger partial charge on any atom is 0.317 e. The predicted octanol–water partition coefficient (Wildman–Crippen LogP) is 2.57. The standard InChI is InChI=1S/C20H29N3O3/c1-14-10-17(19(24)25)12-23(11-14)20(26)21-18-8-9-22(13-18)15(2)16-6-4-3-5-7-16/h3-7,14-15,17-18H,8-13H2,1-2H3,(H,21,26)(H,24,25). The lowest BCUT2D eigenvalue weighted by Gasteiger charge is -2.35. The van der Waals surface area contributed by atoms with Gasteiger partial charge >= 0.3 is 12.0 Å². The molecular formula is C20H29N3O3. The van der Waals surface area contributed by atoms with Crippen molar-refractivity contribution < 1.29 is 14.7 Å². The van der Waals surface area contributed by atoms with Gasteiger partial charge in [-0.15, -0.1) is 0 Å². The van der Waals surface area contributed by atoms with E-state index in [0.29, 0.717) is 25.6 Å². The molecule has 0 spiro atoms. The van der Waals surface area contributed by atoms with Gasteiger partial charge in [0.15, 0.2) is 0 Å². The van der Waals surface area contributed by atoms with Gasteiger partial charge in [0, 0.05) is 38.3 Å². The summed E-state index contributed by atoms with van der Waals surface area (Å²) in [5.74, 6) is -1.05. The van der Waals surface area contributed by atoms with E-state index in [1.54, 1.807) is 4.90 Å². The van der Waals surface area contributed by atoms with Gasteiger partial charge in [-0.25, -0.2) is 4.79 Å². The van der Waals surface area contributed by atoms with Gasteiger partial charge in [0.2, 0.25) is 0 Å². The van der Waals surface area contributed by atoms with Crippen molar-refractivity contribution in [3.63, 3.8) is 0 Å². The monoisotopic (exact) mass is 359 g/mol. The summed E-state index contributed by atoms with van der Waals surface area (Å²) in [7, 11) is 0. The van der Waals surface area contributed by atoms with Gasteiger partial charge in [0.05, 0.1) is 5.92 Å². The summed E-state index contributed by atoms with van der Waals surface area (Å²) in [6.45, 7) is 6.93. The maximum atomic E-state index is 12.6. The number of nitrogens with one attached hydrogen (secondary N) is 1. The number of carboxylic acid groups (broad SMARTS) is 1. The molecule has 2 amide bonds. The number of aliphatic carboxylic acids is 1. The van der Waals surface area contributed by atoms with Crippen LogP contribution in [-0.4, -0.2) is 59.1 Å². The molecule has 0 aliphatic carbocycles. The van der Waals surface area contributed by atoms with Crippen LogP contribution in [0.4, 0.5) is 4.79 Å². The number of likely N-dealkylation sites (tertiary alicyclic amines) is 2. The van der Waals surface area contributed by atoms with E-state index < -0.39 is 11.9 Å². The molecule has 2 fully saturated rings. The Morgan fingerprint density at radius 2 is 1.92 bits per heavy atom. The fraction of sp³-hybridized carbons (Fsp3) is 0.600. The molecule has 2 saturated heterocycles. The van der Waals surface area contributed by atoms with Crippen molar-refractivity contribution in [3.05, 3.63) is 35.9 Å². The fourth-order valence-electron chi connectivity index (χ4n) is 4.16. The first-order chi connectivity index (χ1) is 12.4. The van der Waals surface area contributed by atoms with Gasteiger partial charge < -0.3 is 15.3 Å². The average molecular weight is 359 g/mol. The number of rotatable bonds is 4. The summed E-state index contributed by atoms with van der Waals surface area (Å²) in [6, 6.07) is 10.7. The minimum atomic E-state index is -0.807. The minimum Gasteiger partial charge on any atom is -0.481 e. The molecule has 2 aliphatic rings. The zero-order valence-corrected chi connectivity index (χ0v) is 15.6. The molecule has 4 unspecified atom stereocenters. The Hall–Kier alpha value is -2.08. The molecule has 2 aliphatic heterocycles. The number of nitrogens with zero attached hydrogens (tertiary/aromatic N) is 2. The highest BCUT2D eigenvalue weighted by Gasteiger charge is 2.34.